The Morgan fingerprint density at radius 2 is 1.93 bits per heavy atom. The molecule has 0 aliphatic carbocycles. The molecule has 0 bridgehead atoms. The van der Waals surface area contributed by atoms with E-state index in [1.807, 2.05) is 45.0 Å². The Labute approximate surface area is 180 Å². The van der Waals surface area contributed by atoms with Gasteiger partial charge in [-0.1, -0.05) is 36.7 Å². The largest absolute Gasteiger partial charge is 0.478 e. The number of hydrogen-bond acceptors (Lipinski definition) is 4. The number of halogens is 1. The molecule has 0 spiro atoms. The van der Waals surface area contributed by atoms with Gasteiger partial charge in [-0.05, 0) is 56.2 Å². The second-order valence-electron chi connectivity index (χ2n) is 7.36. The molecule has 1 atom stereocenters. The third-order valence-corrected chi connectivity index (χ3v) is 5.54. The van der Waals surface area contributed by atoms with Gasteiger partial charge in [-0.3, -0.25) is 9.59 Å². The molecule has 1 aliphatic rings. The van der Waals surface area contributed by atoms with Crippen LogP contribution in [0.25, 0.3) is 0 Å². The van der Waals surface area contributed by atoms with Gasteiger partial charge in [-0.15, -0.1) is 0 Å². The number of amides is 1. The number of hydrogen-bond donors (Lipinski definition) is 0. The summed E-state index contributed by atoms with van der Waals surface area (Å²) in [4.78, 5) is 27.8. The van der Waals surface area contributed by atoms with Gasteiger partial charge in [-0.2, -0.15) is 5.10 Å². The van der Waals surface area contributed by atoms with E-state index in [0.717, 1.165) is 17.0 Å². The van der Waals surface area contributed by atoms with Crippen molar-refractivity contribution < 1.29 is 14.3 Å². The molecule has 0 radical (unpaired) electrons. The van der Waals surface area contributed by atoms with Gasteiger partial charge < -0.3 is 9.64 Å². The lowest BCUT2D eigenvalue weighted by Gasteiger charge is -2.34. The fourth-order valence-corrected chi connectivity index (χ4v) is 3.83. The summed E-state index contributed by atoms with van der Waals surface area (Å²) in [5.74, 6) is 0.158. The number of nitrogens with zero attached hydrogens (tertiary/aromatic N) is 3. The maximum atomic E-state index is 13.1. The summed E-state index contributed by atoms with van der Waals surface area (Å²) in [6.45, 7) is 5.87. The maximum Gasteiger partial charge on any atom is 0.278 e. The van der Waals surface area contributed by atoms with Crippen molar-refractivity contribution in [2.75, 3.05) is 4.90 Å². The second kappa shape index (κ2) is 7.95. The normalized spacial score (nSPS) is 15.7. The van der Waals surface area contributed by atoms with E-state index in [1.54, 1.807) is 29.2 Å². The predicted octanol–water partition coefficient (Wildman–Crippen LogP) is 4.55. The number of ether oxygens (including phenoxy) is 1. The number of aromatic nitrogens is 2. The zero-order valence-corrected chi connectivity index (χ0v) is 17.8. The van der Waals surface area contributed by atoms with Crippen LogP contribution in [0.4, 0.5) is 5.69 Å². The Kier molecular flexibility index (Phi) is 5.35. The monoisotopic (exact) mass is 423 g/mol. The van der Waals surface area contributed by atoms with E-state index in [-0.39, 0.29) is 11.8 Å². The summed E-state index contributed by atoms with van der Waals surface area (Å²) in [6, 6.07) is 14.4. The molecule has 30 heavy (non-hydrogen) atoms. The van der Waals surface area contributed by atoms with Crippen LogP contribution >= 0.6 is 11.6 Å². The van der Waals surface area contributed by atoms with Gasteiger partial charge in [0.1, 0.15) is 5.75 Å². The van der Waals surface area contributed by atoms with Crippen LogP contribution in [0.15, 0.2) is 48.5 Å². The van der Waals surface area contributed by atoms with Crippen molar-refractivity contribution in [3.05, 3.63) is 76.1 Å². The van der Waals surface area contributed by atoms with Crippen molar-refractivity contribution >= 4 is 29.1 Å². The summed E-state index contributed by atoms with van der Waals surface area (Å²) < 4.78 is 7.27. The van der Waals surface area contributed by atoms with E-state index in [1.165, 1.54) is 4.68 Å². The SMILES string of the molecule is CC[C@@H]1Oc2ccc(C(=O)n3nc(C)cc3C)cc2N(Cc2ccccc2Cl)C1=O. The van der Waals surface area contributed by atoms with E-state index in [4.69, 9.17) is 16.3 Å². The van der Waals surface area contributed by atoms with Crippen LogP contribution in [0, 0.1) is 13.8 Å². The number of carbonyl (C=O) groups excluding carboxylic acids is 2. The zero-order chi connectivity index (χ0) is 21.4. The van der Waals surface area contributed by atoms with Gasteiger partial charge in [0.15, 0.2) is 6.10 Å². The number of fused-ring (bicyclic) bond motifs is 1. The van der Waals surface area contributed by atoms with Gasteiger partial charge in [0, 0.05) is 16.3 Å². The molecule has 4 rings (SSSR count). The molecule has 7 heteroatoms. The number of carbonyl (C=O) groups is 2. The Hall–Kier alpha value is -3.12. The van der Waals surface area contributed by atoms with Gasteiger partial charge in [0.25, 0.3) is 11.8 Å². The minimum absolute atomic E-state index is 0.152. The van der Waals surface area contributed by atoms with E-state index in [0.29, 0.717) is 35.0 Å². The third-order valence-electron chi connectivity index (χ3n) is 5.17. The average Bonchev–Trinajstić information content (AvgIpc) is 3.08. The molecule has 2 aromatic carbocycles. The zero-order valence-electron chi connectivity index (χ0n) is 17.1. The van der Waals surface area contributed by atoms with Gasteiger partial charge in [-0.25, -0.2) is 4.68 Å². The topological polar surface area (TPSA) is 64.4 Å². The summed E-state index contributed by atoms with van der Waals surface area (Å²) in [5, 5.41) is 4.86. The number of benzene rings is 2. The molecular formula is C23H22ClN3O3. The highest BCUT2D eigenvalue weighted by Gasteiger charge is 2.34. The third kappa shape index (κ3) is 3.59. The van der Waals surface area contributed by atoms with Crippen LogP contribution in [-0.4, -0.2) is 27.7 Å². The molecule has 0 unspecified atom stereocenters. The molecule has 0 saturated heterocycles. The summed E-state index contributed by atoms with van der Waals surface area (Å²) in [5.41, 5.74) is 3.32. The molecule has 1 aromatic heterocycles. The van der Waals surface area contributed by atoms with Crippen molar-refractivity contribution in [1.82, 2.24) is 9.78 Å². The molecular weight excluding hydrogens is 402 g/mol. The van der Waals surface area contributed by atoms with Crippen molar-refractivity contribution in [2.24, 2.45) is 0 Å². The van der Waals surface area contributed by atoms with E-state index in [9.17, 15) is 9.59 Å². The molecule has 154 valence electrons. The predicted molar refractivity (Wildman–Crippen MR) is 115 cm³/mol. The molecule has 3 aromatic rings. The minimum atomic E-state index is -0.572. The first-order chi connectivity index (χ1) is 14.4. The molecule has 0 fully saturated rings. The molecule has 1 aliphatic heterocycles. The highest BCUT2D eigenvalue weighted by molar-refractivity contribution is 6.31. The van der Waals surface area contributed by atoms with E-state index in [2.05, 4.69) is 5.10 Å². The Morgan fingerprint density at radius 3 is 2.60 bits per heavy atom. The van der Waals surface area contributed by atoms with E-state index >= 15 is 0 Å². The van der Waals surface area contributed by atoms with Crippen molar-refractivity contribution in [2.45, 2.75) is 39.8 Å². The first-order valence-electron chi connectivity index (χ1n) is 9.82. The van der Waals surface area contributed by atoms with Gasteiger partial charge in [0.05, 0.1) is 17.9 Å². The summed E-state index contributed by atoms with van der Waals surface area (Å²) in [6.07, 6.45) is -0.0263. The number of rotatable bonds is 4. The highest BCUT2D eigenvalue weighted by Crippen LogP contribution is 2.37. The standard InChI is InChI=1S/C23H22ClN3O3/c1-4-20-23(29)26(13-17-7-5-6-8-18(17)24)19-12-16(9-10-21(19)30-20)22(28)27-15(3)11-14(2)25-27/h5-12,20H,4,13H2,1-3H3/t20-/m0/s1. The van der Waals surface area contributed by atoms with Crippen LogP contribution in [0.5, 0.6) is 5.75 Å². The van der Waals surface area contributed by atoms with Crippen molar-refractivity contribution in [3.8, 4) is 5.75 Å². The highest BCUT2D eigenvalue weighted by atomic mass is 35.5. The fraction of sp³-hybridized carbons (Fsp3) is 0.261. The lowest BCUT2D eigenvalue weighted by Crippen LogP contribution is -2.45. The lowest BCUT2D eigenvalue weighted by molar-refractivity contribution is -0.126. The number of aryl methyl sites for hydroxylation is 2. The first kappa shape index (κ1) is 20.2. The average molecular weight is 424 g/mol. The van der Waals surface area contributed by atoms with Crippen LogP contribution in [0.1, 0.15) is 40.7 Å². The van der Waals surface area contributed by atoms with E-state index < -0.39 is 6.10 Å². The van der Waals surface area contributed by atoms with Gasteiger partial charge in [0.2, 0.25) is 0 Å². The second-order valence-corrected chi connectivity index (χ2v) is 7.76. The summed E-state index contributed by atoms with van der Waals surface area (Å²) in [7, 11) is 0. The van der Waals surface area contributed by atoms with Crippen LogP contribution in [-0.2, 0) is 11.3 Å². The maximum absolute atomic E-state index is 13.1. The first-order valence-corrected chi connectivity index (χ1v) is 10.2. The quantitative estimate of drug-likeness (QED) is 0.617. The Bertz CT molecular complexity index is 1140. The van der Waals surface area contributed by atoms with Crippen LogP contribution in [0.3, 0.4) is 0 Å². The lowest BCUT2D eigenvalue weighted by atomic mass is 10.1. The van der Waals surface area contributed by atoms with Crippen molar-refractivity contribution in [1.29, 1.82) is 0 Å². The summed E-state index contributed by atoms with van der Waals surface area (Å²) >= 11 is 6.34. The Balaban J connectivity index is 1.76. The molecule has 0 N–H and O–H groups in total. The Morgan fingerprint density at radius 1 is 1.17 bits per heavy atom. The van der Waals surface area contributed by atoms with Crippen LogP contribution < -0.4 is 9.64 Å². The molecule has 1 amide bonds. The smallest absolute Gasteiger partial charge is 0.278 e. The van der Waals surface area contributed by atoms with Crippen molar-refractivity contribution in [3.63, 3.8) is 0 Å². The van der Waals surface area contributed by atoms with Crippen LogP contribution in [0.2, 0.25) is 5.02 Å². The number of anilines is 1. The minimum Gasteiger partial charge on any atom is -0.478 e. The van der Waals surface area contributed by atoms with Gasteiger partial charge >= 0.3 is 0 Å². The molecule has 2 heterocycles. The molecule has 6 nitrogen and oxygen atoms in total. The fourth-order valence-electron chi connectivity index (χ4n) is 3.63. The molecule has 0 saturated carbocycles.